The summed E-state index contributed by atoms with van der Waals surface area (Å²) in [6.07, 6.45) is 0. The lowest BCUT2D eigenvalue weighted by Gasteiger charge is -2.38. The molecule has 1 aliphatic rings. The molecule has 0 unspecified atom stereocenters. The van der Waals surface area contributed by atoms with E-state index in [1.807, 2.05) is 38.1 Å². The molecule has 0 aliphatic carbocycles. The summed E-state index contributed by atoms with van der Waals surface area (Å²) in [5.41, 5.74) is 3.18. The first-order valence-corrected chi connectivity index (χ1v) is 12.9. The van der Waals surface area contributed by atoms with Crippen LogP contribution in [0.1, 0.15) is 34.6 Å². The van der Waals surface area contributed by atoms with Gasteiger partial charge in [-0.1, -0.05) is 35.3 Å². The number of hydrogen-bond donors (Lipinski definition) is 2. The number of nitrogens with one attached hydrogen (secondary N) is 2. The fourth-order valence-electron chi connectivity index (χ4n) is 4.36. The quantitative estimate of drug-likeness (QED) is 0.401. The molecule has 37 heavy (non-hydrogen) atoms. The Kier molecular flexibility index (Phi) is 8.46. The summed E-state index contributed by atoms with van der Waals surface area (Å²) in [6.45, 7) is 6.84. The predicted octanol–water partition coefficient (Wildman–Crippen LogP) is 5.72. The number of piperazine rings is 1. The number of anilines is 3. The number of amides is 2. The molecule has 1 aliphatic heterocycles. The Balaban J connectivity index is 1.56. The monoisotopic (exact) mass is 540 g/mol. The van der Waals surface area contributed by atoms with E-state index in [1.165, 1.54) is 6.07 Å². The Morgan fingerprint density at radius 3 is 2.16 bits per heavy atom. The Bertz CT molecular complexity index is 1290. The molecule has 194 valence electrons. The number of ether oxygens (including phenoxy) is 1. The molecular weight excluding hydrogens is 511 g/mol. The molecule has 1 fully saturated rings. The first-order chi connectivity index (χ1) is 17.8. The minimum atomic E-state index is -0.380. The van der Waals surface area contributed by atoms with Crippen LogP contribution in [-0.4, -0.2) is 51.1 Å². The molecule has 0 aromatic heterocycles. The molecule has 9 heteroatoms. The van der Waals surface area contributed by atoms with Gasteiger partial charge < -0.3 is 25.2 Å². The molecule has 0 radical (unpaired) electrons. The van der Waals surface area contributed by atoms with Gasteiger partial charge >= 0.3 is 0 Å². The van der Waals surface area contributed by atoms with Crippen molar-refractivity contribution in [2.75, 3.05) is 48.4 Å². The largest absolute Gasteiger partial charge is 0.495 e. The van der Waals surface area contributed by atoms with E-state index in [0.717, 1.165) is 43.3 Å². The van der Waals surface area contributed by atoms with Crippen LogP contribution in [0.15, 0.2) is 60.7 Å². The van der Waals surface area contributed by atoms with Crippen molar-refractivity contribution in [3.63, 3.8) is 0 Å². The van der Waals surface area contributed by atoms with Gasteiger partial charge in [-0.05, 0) is 62.4 Å². The Morgan fingerprint density at radius 1 is 0.838 bits per heavy atom. The van der Waals surface area contributed by atoms with E-state index in [4.69, 9.17) is 27.9 Å². The van der Waals surface area contributed by atoms with Crippen molar-refractivity contribution >= 4 is 52.1 Å². The lowest BCUT2D eigenvalue weighted by atomic mass is 10.1. The fraction of sp³-hybridized carbons (Fsp3) is 0.286. The highest BCUT2D eigenvalue weighted by Gasteiger charge is 2.24. The number of rotatable bonds is 7. The number of carbonyl (C=O) groups excluding carboxylic acids is 2. The van der Waals surface area contributed by atoms with E-state index in [2.05, 4.69) is 26.5 Å². The van der Waals surface area contributed by atoms with E-state index in [-0.39, 0.29) is 22.9 Å². The van der Waals surface area contributed by atoms with Crippen molar-refractivity contribution in [2.24, 2.45) is 0 Å². The van der Waals surface area contributed by atoms with Crippen LogP contribution >= 0.6 is 23.2 Å². The number of para-hydroxylation sites is 2. The van der Waals surface area contributed by atoms with Gasteiger partial charge in [-0.15, -0.1) is 0 Å². The molecule has 4 rings (SSSR count). The normalized spacial score (nSPS) is 13.5. The molecule has 0 saturated carbocycles. The molecule has 2 N–H and O–H groups in total. The van der Waals surface area contributed by atoms with Gasteiger partial charge in [0.05, 0.1) is 28.9 Å². The standard InChI is InChI=1S/C28H30Cl2N4O3/c1-18(2)31-28(36)22-17-20(32-27(35)21-10-8-19(29)16-23(21)30)9-11-24(22)33-12-14-34(15-13-33)25-6-4-5-7-26(25)37-3/h4-11,16-18H,12-15H2,1-3H3,(H,31,36)(H,32,35). The smallest absolute Gasteiger partial charge is 0.257 e. The SMILES string of the molecule is COc1ccccc1N1CCN(c2ccc(NC(=O)c3ccc(Cl)cc3Cl)cc2C(=O)NC(C)C)CC1. The van der Waals surface area contributed by atoms with Crippen LogP contribution in [-0.2, 0) is 0 Å². The van der Waals surface area contributed by atoms with E-state index in [0.29, 0.717) is 21.8 Å². The summed E-state index contributed by atoms with van der Waals surface area (Å²) in [5.74, 6) is 0.265. The van der Waals surface area contributed by atoms with Crippen molar-refractivity contribution in [1.29, 1.82) is 0 Å². The van der Waals surface area contributed by atoms with Gasteiger partial charge in [0.2, 0.25) is 0 Å². The maximum Gasteiger partial charge on any atom is 0.257 e. The summed E-state index contributed by atoms with van der Waals surface area (Å²) < 4.78 is 5.53. The molecule has 3 aromatic rings. The maximum atomic E-state index is 13.2. The average molecular weight is 541 g/mol. The minimum absolute atomic E-state index is 0.0335. The minimum Gasteiger partial charge on any atom is -0.495 e. The van der Waals surface area contributed by atoms with Gasteiger partial charge in [-0.3, -0.25) is 9.59 Å². The van der Waals surface area contributed by atoms with Gasteiger partial charge in [0.25, 0.3) is 11.8 Å². The second-order valence-electron chi connectivity index (χ2n) is 9.08. The third-order valence-electron chi connectivity index (χ3n) is 6.14. The molecular formula is C28H30Cl2N4O3. The third kappa shape index (κ3) is 6.29. The van der Waals surface area contributed by atoms with Crippen LogP contribution in [0, 0.1) is 0 Å². The highest BCUT2D eigenvalue weighted by Crippen LogP contribution is 2.31. The Morgan fingerprint density at radius 2 is 1.51 bits per heavy atom. The number of hydrogen-bond acceptors (Lipinski definition) is 5. The highest BCUT2D eigenvalue weighted by molar-refractivity contribution is 6.37. The molecule has 0 bridgehead atoms. The topological polar surface area (TPSA) is 73.9 Å². The zero-order valence-corrected chi connectivity index (χ0v) is 22.6. The van der Waals surface area contributed by atoms with Gasteiger partial charge in [0.15, 0.2) is 0 Å². The van der Waals surface area contributed by atoms with Gasteiger partial charge in [-0.2, -0.15) is 0 Å². The zero-order valence-electron chi connectivity index (χ0n) is 21.1. The van der Waals surface area contributed by atoms with Gasteiger partial charge in [-0.25, -0.2) is 0 Å². The Labute approximate surface area is 227 Å². The number of carbonyl (C=O) groups is 2. The third-order valence-corrected chi connectivity index (χ3v) is 6.69. The van der Waals surface area contributed by atoms with Crippen molar-refractivity contribution in [3.05, 3.63) is 81.8 Å². The first-order valence-electron chi connectivity index (χ1n) is 12.1. The van der Waals surface area contributed by atoms with Crippen LogP contribution < -0.4 is 25.2 Å². The van der Waals surface area contributed by atoms with E-state index < -0.39 is 0 Å². The number of methoxy groups -OCH3 is 1. The van der Waals surface area contributed by atoms with E-state index in [1.54, 1.807) is 31.4 Å². The number of halogens is 2. The molecule has 7 nitrogen and oxygen atoms in total. The summed E-state index contributed by atoms with van der Waals surface area (Å²) in [6, 6.07) is 18.0. The lowest BCUT2D eigenvalue weighted by Crippen LogP contribution is -2.47. The molecule has 1 heterocycles. The number of benzene rings is 3. The first kappa shape index (κ1) is 26.6. The van der Waals surface area contributed by atoms with Gasteiger partial charge in [0.1, 0.15) is 5.75 Å². The molecule has 1 saturated heterocycles. The predicted molar refractivity (Wildman–Crippen MR) is 151 cm³/mol. The average Bonchev–Trinajstić information content (AvgIpc) is 2.88. The van der Waals surface area contributed by atoms with Crippen molar-refractivity contribution in [3.8, 4) is 5.75 Å². The molecule has 0 spiro atoms. The van der Waals surface area contributed by atoms with Gasteiger partial charge in [0, 0.05) is 48.6 Å². The summed E-state index contributed by atoms with van der Waals surface area (Å²) in [7, 11) is 1.68. The van der Waals surface area contributed by atoms with Crippen LogP contribution in [0.4, 0.5) is 17.1 Å². The summed E-state index contributed by atoms with van der Waals surface area (Å²) in [4.78, 5) is 30.5. The Hall–Kier alpha value is -3.42. The molecule has 3 aromatic carbocycles. The van der Waals surface area contributed by atoms with Crippen LogP contribution in [0.2, 0.25) is 10.0 Å². The van der Waals surface area contributed by atoms with Crippen molar-refractivity contribution < 1.29 is 14.3 Å². The number of nitrogens with zero attached hydrogens (tertiary/aromatic N) is 2. The highest BCUT2D eigenvalue weighted by atomic mass is 35.5. The van der Waals surface area contributed by atoms with Crippen LogP contribution in [0.25, 0.3) is 0 Å². The fourth-order valence-corrected chi connectivity index (χ4v) is 4.86. The summed E-state index contributed by atoms with van der Waals surface area (Å²) >= 11 is 12.2. The van der Waals surface area contributed by atoms with Crippen molar-refractivity contribution in [2.45, 2.75) is 19.9 Å². The molecule has 2 amide bonds. The van der Waals surface area contributed by atoms with E-state index in [9.17, 15) is 9.59 Å². The zero-order chi connectivity index (χ0) is 26.5. The maximum absolute atomic E-state index is 13.2. The second-order valence-corrected chi connectivity index (χ2v) is 9.93. The van der Waals surface area contributed by atoms with Crippen molar-refractivity contribution in [1.82, 2.24) is 5.32 Å². The summed E-state index contributed by atoms with van der Waals surface area (Å²) in [5, 5.41) is 6.53. The van der Waals surface area contributed by atoms with Crippen LogP contribution in [0.5, 0.6) is 5.75 Å². The van der Waals surface area contributed by atoms with E-state index >= 15 is 0 Å². The molecule has 0 atom stereocenters. The van der Waals surface area contributed by atoms with Crippen LogP contribution in [0.3, 0.4) is 0 Å². The lowest BCUT2D eigenvalue weighted by molar-refractivity contribution is 0.0942. The second kappa shape index (κ2) is 11.8.